The molecule has 0 amide bonds. The summed E-state index contributed by atoms with van der Waals surface area (Å²) in [6, 6.07) is 17.3. The van der Waals surface area contributed by atoms with E-state index in [2.05, 4.69) is 10.1 Å². The van der Waals surface area contributed by atoms with Crippen molar-refractivity contribution in [2.45, 2.75) is 26.1 Å². The molecule has 0 spiro atoms. The van der Waals surface area contributed by atoms with Crippen molar-refractivity contribution in [2.75, 3.05) is 0 Å². The molecular weight excluding hydrogens is 290 g/mol. The molecule has 0 aliphatic rings. The third-order valence-electron chi connectivity index (χ3n) is 3.58. The predicted molar refractivity (Wildman–Crippen MR) is 87.4 cm³/mol. The fourth-order valence-corrected chi connectivity index (χ4v) is 2.24. The van der Waals surface area contributed by atoms with Gasteiger partial charge in [0.2, 0.25) is 0 Å². The molecule has 0 radical (unpaired) electrons. The first-order chi connectivity index (χ1) is 11.3. The zero-order chi connectivity index (χ0) is 16.1. The van der Waals surface area contributed by atoms with Crippen LogP contribution >= 0.6 is 0 Å². The second-order valence-corrected chi connectivity index (χ2v) is 5.22. The van der Waals surface area contributed by atoms with Gasteiger partial charge < -0.3 is 9.84 Å². The maximum absolute atomic E-state index is 9.78. The van der Waals surface area contributed by atoms with Crippen LogP contribution in [0.4, 0.5) is 0 Å². The largest absolute Gasteiger partial charge is 0.486 e. The highest BCUT2D eigenvalue weighted by Gasteiger charge is 2.06. The lowest BCUT2D eigenvalue weighted by Gasteiger charge is -2.09. The monoisotopic (exact) mass is 309 g/mol. The summed E-state index contributed by atoms with van der Waals surface area (Å²) in [7, 11) is 0. The second-order valence-electron chi connectivity index (χ2n) is 5.22. The van der Waals surface area contributed by atoms with E-state index in [4.69, 9.17) is 4.74 Å². The Labute approximate surface area is 135 Å². The first-order valence-corrected chi connectivity index (χ1v) is 7.63. The number of benzene rings is 2. The Morgan fingerprint density at radius 3 is 2.52 bits per heavy atom. The van der Waals surface area contributed by atoms with Crippen molar-refractivity contribution in [3.8, 4) is 11.4 Å². The fourth-order valence-electron chi connectivity index (χ4n) is 2.24. The number of hydrogen-bond donors (Lipinski definition) is 1. The van der Waals surface area contributed by atoms with Crippen molar-refractivity contribution < 1.29 is 9.84 Å². The van der Waals surface area contributed by atoms with Gasteiger partial charge in [-0.05, 0) is 36.2 Å². The fraction of sp³-hybridized carbons (Fsp3) is 0.222. The molecule has 0 bridgehead atoms. The van der Waals surface area contributed by atoms with Crippen LogP contribution < -0.4 is 4.74 Å². The molecule has 5 heteroatoms. The van der Waals surface area contributed by atoms with Crippen molar-refractivity contribution in [2.24, 2.45) is 0 Å². The third kappa shape index (κ3) is 3.76. The standard InChI is InChI=1S/C18H19N3O2/c1-2-17(22)14-8-10-16(11-9-14)23-12-18-19-13-21(20-18)15-6-4-3-5-7-15/h3-11,13,17,22H,2,12H2,1H3/t17-/m1/s1. The van der Waals surface area contributed by atoms with Crippen LogP contribution in [-0.4, -0.2) is 19.9 Å². The summed E-state index contributed by atoms with van der Waals surface area (Å²) in [5.41, 5.74) is 1.86. The molecule has 1 N–H and O–H groups in total. The lowest BCUT2D eigenvalue weighted by atomic mass is 10.1. The van der Waals surface area contributed by atoms with Gasteiger partial charge in [0, 0.05) is 0 Å². The Balaban J connectivity index is 1.62. The van der Waals surface area contributed by atoms with Gasteiger partial charge in [-0.2, -0.15) is 0 Å². The van der Waals surface area contributed by atoms with Gasteiger partial charge in [-0.3, -0.25) is 0 Å². The number of ether oxygens (including phenoxy) is 1. The highest BCUT2D eigenvalue weighted by molar-refractivity contribution is 5.30. The topological polar surface area (TPSA) is 60.2 Å². The van der Waals surface area contributed by atoms with E-state index in [1.807, 2.05) is 61.5 Å². The number of nitrogens with zero attached hydrogens (tertiary/aromatic N) is 3. The number of rotatable bonds is 6. The van der Waals surface area contributed by atoms with Gasteiger partial charge in [0.1, 0.15) is 18.7 Å². The van der Waals surface area contributed by atoms with Crippen molar-refractivity contribution >= 4 is 0 Å². The Bertz CT molecular complexity index is 738. The molecule has 3 aromatic rings. The van der Waals surface area contributed by atoms with Crippen LogP contribution in [0.5, 0.6) is 5.75 Å². The molecule has 118 valence electrons. The van der Waals surface area contributed by atoms with Gasteiger partial charge in [0.05, 0.1) is 11.8 Å². The Hall–Kier alpha value is -2.66. The molecule has 0 aliphatic heterocycles. The predicted octanol–water partition coefficient (Wildman–Crippen LogP) is 3.29. The maximum Gasteiger partial charge on any atom is 0.188 e. The number of aliphatic hydroxyl groups is 1. The minimum atomic E-state index is -0.424. The van der Waals surface area contributed by atoms with Gasteiger partial charge in [-0.25, -0.2) is 9.67 Å². The molecule has 0 saturated carbocycles. The first-order valence-electron chi connectivity index (χ1n) is 7.63. The molecule has 23 heavy (non-hydrogen) atoms. The van der Waals surface area contributed by atoms with Crippen LogP contribution in [0.2, 0.25) is 0 Å². The molecule has 0 saturated heterocycles. The molecule has 1 aromatic heterocycles. The van der Waals surface area contributed by atoms with E-state index in [0.717, 1.165) is 17.0 Å². The van der Waals surface area contributed by atoms with Gasteiger partial charge in [0.25, 0.3) is 0 Å². The zero-order valence-electron chi connectivity index (χ0n) is 13.0. The SMILES string of the molecule is CC[C@@H](O)c1ccc(OCc2ncn(-c3ccccc3)n2)cc1. The minimum Gasteiger partial charge on any atom is -0.486 e. The van der Waals surface area contributed by atoms with Gasteiger partial charge in [0.15, 0.2) is 5.82 Å². The quantitative estimate of drug-likeness (QED) is 0.759. The molecule has 3 rings (SSSR count). The summed E-state index contributed by atoms with van der Waals surface area (Å²) in [5, 5.41) is 14.2. The lowest BCUT2D eigenvalue weighted by molar-refractivity contribution is 0.173. The number of aliphatic hydroxyl groups excluding tert-OH is 1. The lowest BCUT2D eigenvalue weighted by Crippen LogP contribution is -2.01. The van der Waals surface area contributed by atoms with Crippen LogP contribution in [0.15, 0.2) is 60.9 Å². The van der Waals surface area contributed by atoms with Crippen LogP contribution in [0.1, 0.15) is 30.8 Å². The summed E-state index contributed by atoms with van der Waals surface area (Å²) < 4.78 is 7.41. The van der Waals surface area contributed by atoms with Gasteiger partial charge in [-0.1, -0.05) is 37.3 Å². The van der Waals surface area contributed by atoms with Crippen LogP contribution in [0.25, 0.3) is 5.69 Å². The summed E-state index contributed by atoms with van der Waals surface area (Å²) in [4.78, 5) is 4.25. The first kappa shape index (κ1) is 15.2. The van der Waals surface area contributed by atoms with Gasteiger partial charge >= 0.3 is 0 Å². The normalized spacial score (nSPS) is 12.1. The molecule has 0 unspecified atom stereocenters. The number of aromatic nitrogens is 3. The summed E-state index contributed by atoms with van der Waals surface area (Å²) in [5.74, 6) is 1.35. The highest BCUT2D eigenvalue weighted by Crippen LogP contribution is 2.20. The molecule has 1 atom stereocenters. The zero-order valence-corrected chi connectivity index (χ0v) is 13.0. The summed E-state index contributed by atoms with van der Waals surface area (Å²) in [6.07, 6.45) is 1.95. The number of hydrogen-bond acceptors (Lipinski definition) is 4. The molecule has 5 nitrogen and oxygen atoms in total. The Kier molecular flexibility index (Phi) is 4.68. The molecule has 1 heterocycles. The molecule has 2 aromatic carbocycles. The number of para-hydroxylation sites is 1. The van der Waals surface area contributed by atoms with E-state index in [1.165, 1.54) is 0 Å². The van der Waals surface area contributed by atoms with Crippen LogP contribution in [0, 0.1) is 0 Å². The minimum absolute atomic E-state index is 0.301. The van der Waals surface area contributed by atoms with E-state index in [0.29, 0.717) is 18.9 Å². The Morgan fingerprint density at radius 2 is 1.83 bits per heavy atom. The van der Waals surface area contributed by atoms with Crippen LogP contribution in [-0.2, 0) is 6.61 Å². The highest BCUT2D eigenvalue weighted by atomic mass is 16.5. The van der Waals surface area contributed by atoms with Crippen molar-refractivity contribution in [3.05, 3.63) is 72.3 Å². The maximum atomic E-state index is 9.78. The smallest absolute Gasteiger partial charge is 0.188 e. The van der Waals surface area contributed by atoms with E-state index in [-0.39, 0.29) is 0 Å². The van der Waals surface area contributed by atoms with Crippen LogP contribution in [0.3, 0.4) is 0 Å². The van der Waals surface area contributed by atoms with Crippen molar-refractivity contribution in [1.29, 1.82) is 0 Å². The van der Waals surface area contributed by atoms with E-state index >= 15 is 0 Å². The van der Waals surface area contributed by atoms with Crippen molar-refractivity contribution in [3.63, 3.8) is 0 Å². The summed E-state index contributed by atoms with van der Waals surface area (Å²) in [6.45, 7) is 2.25. The Morgan fingerprint density at radius 1 is 1.09 bits per heavy atom. The van der Waals surface area contributed by atoms with Crippen molar-refractivity contribution in [1.82, 2.24) is 14.8 Å². The average molecular weight is 309 g/mol. The third-order valence-corrected chi connectivity index (χ3v) is 3.58. The van der Waals surface area contributed by atoms with E-state index < -0.39 is 6.10 Å². The second kappa shape index (κ2) is 7.07. The molecule has 0 aliphatic carbocycles. The van der Waals surface area contributed by atoms with E-state index in [1.54, 1.807) is 11.0 Å². The molecular formula is C18H19N3O2. The average Bonchev–Trinajstić information content (AvgIpc) is 3.09. The van der Waals surface area contributed by atoms with Gasteiger partial charge in [-0.15, -0.1) is 5.10 Å². The summed E-state index contributed by atoms with van der Waals surface area (Å²) >= 11 is 0. The molecule has 0 fully saturated rings. The van der Waals surface area contributed by atoms with E-state index in [9.17, 15) is 5.11 Å².